The van der Waals surface area contributed by atoms with E-state index in [2.05, 4.69) is 4.72 Å². The van der Waals surface area contributed by atoms with Gasteiger partial charge in [-0.1, -0.05) is 6.07 Å². The van der Waals surface area contributed by atoms with Gasteiger partial charge in [-0.3, -0.25) is 4.72 Å². The number of amides is 1. The van der Waals surface area contributed by atoms with Crippen molar-refractivity contribution in [2.24, 2.45) is 0 Å². The van der Waals surface area contributed by atoms with Crippen molar-refractivity contribution in [2.45, 2.75) is 39.3 Å². The minimum absolute atomic E-state index is 0.323. The standard InChI is InChI=1S/C15H22N2O4S/c1-15(2,3)21-14(18)17-8-7-11-9-13(16-22(4,19)20)6-5-12(11)10-17/h5-6,9,16H,7-8,10H2,1-4H3. The molecule has 0 radical (unpaired) electrons. The van der Waals surface area contributed by atoms with Crippen molar-refractivity contribution in [3.05, 3.63) is 29.3 Å². The number of benzene rings is 1. The molecule has 22 heavy (non-hydrogen) atoms. The molecule has 0 aliphatic carbocycles. The number of ether oxygens (including phenoxy) is 1. The van der Waals surface area contributed by atoms with Crippen LogP contribution in [0.2, 0.25) is 0 Å². The van der Waals surface area contributed by atoms with Gasteiger partial charge in [0.05, 0.1) is 6.26 Å². The van der Waals surface area contributed by atoms with Gasteiger partial charge < -0.3 is 9.64 Å². The average molecular weight is 326 g/mol. The fraction of sp³-hybridized carbons (Fsp3) is 0.533. The van der Waals surface area contributed by atoms with Crippen LogP contribution in [0.3, 0.4) is 0 Å². The maximum Gasteiger partial charge on any atom is 0.410 e. The van der Waals surface area contributed by atoms with E-state index in [-0.39, 0.29) is 6.09 Å². The highest BCUT2D eigenvalue weighted by Gasteiger charge is 2.25. The molecule has 7 heteroatoms. The van der Waals surface area contributed by atoms with Crippen molar-refractivity contribution >= 4 is 21.8 Å². The predicted octanol–water partition coefficient (Wildman–Crippen LogP) is 2.35. The third-order valence-corrected chi connectivity index (χ3v) is 3.78. The number of rotatable bonds is 2. The molecule has 0 saturated carbocycles. The predicted molar refractivity (Wildman–Crippen MR) is 85.3 cm³/mol. The van der Waals surface area contributed by atoms with Crippen molar-refractivity contribution < 1.29 is 17.9 Å². The highest BCUT2D eigenvalue weighted by atomic mass is 32.2. The Balaban J connectivity index is 2.10. The van der Waals surface area contributed by atoms with E-state index in [1.165, 1.54) is 0 Å². The minimum atomic E-state index is -3.28. The molecule has 1 aliphatic heterocycles. The summed E-state index contributed by atoms with van der Waals surface area (Å²) in [6, 6.07) is 5.38. The molecule has 1 amide bonds. The number of nitrogens with one attached hydrogen (secondary N) is 1. The van der Waals surface area contributed by atoms with E-state index in [1.807, 2.05) is 32.9 Å². The molecule has 0 aromatic heterocycles. The first-order chi connectivity index (χ1) is 10.0. The second kappa shape index (κ2) is 5.79. The van der Waals surface area contributed by atoms with E-state index < -0.39 is 15.6 Å². The van der Waals surface area contributed by atoms with Gasteiger partial charge in [0, 0.05) is 18.8 Å². The van der Waals surface area contributed by atoms with Gasteiger partial charge in [-0.15, -0.1) is 0 Å². The lowest BCUT2D eigenvalue weighted by atomic mass is 9.99. The Morgan fingerprint density at radius 1 is 1.27 bits per heavy atom. The molecular weight excluding hydrogens is 304 g/mol. The molecule has 0 saturated heterocycles. The van der Waals surface area contributed by atoms with Gasteiger partial charge in [0.15, 0.2) is 0 Å². The van der Waals surface area contributed by atoms with Crippen LogP contribution < -0.4 is 4.72 Å². The smallest absolute Gasteiger partial charge is 0.410 e. The zero-order valence-corrected chi connectivity index (χ0v) is 14.2. The van der Waals surface area contributed by atoms with E-state index in [9.17, 15) is 13.2 Å². The van der Waals surface area contributed by atoms with E-state index in [1.54, 1.807) is 11.0 Å². The molecule has 0 unspecified atom stereocenters. The number of carbonyl (C=O) groups excluding carboxylic acids is 1. The Bertz CT molecular complexity index is 677. The molecule has 1 aromatic rings. The summed E-state index contributed by atoms with van der Waals surface area (Å²) in [5.74, 6) is 0. The summed E-state index contributed by atoms with van der Waals surface area (Å²) < 4.78 is 30.4. The first-order valence-electron chi connectivity index (χ1n) is 7.11. The third kappa shape index (κ3) is 4.62. The summed E-state index contributed by atoms with van der Waals surface area (Å²) in [5, 5.41) is 0. The average Bonchev–Trinajstić information content (AvgIpc) is 2.34. The Labute approximate surface area is 131 Å². The lowest BCUT2D eigenvalue weighted by molar-refractivity contribution is 0.0224. The Morgan fingerprint density at radius 3 is 2.55 bits per heavy atom. The van der Waals surface area contributed by atoms with Crippen LogP contribution in [-0.4, -0.2) is 37.8 Å². The van der Waals surface area contributed by atoms with E-state index >= 15 is 0 Å². The molecular formula is C15H22N2O4S. The molecule has 2 rings (SSSR count). The maximum atomic E-state index is 12.1. The number of anilines is 1. The summed E-state index contributed by atoms with van der Waals surface area (Å²) in [6.45, 7) is 6.55. The lowest BCUT2D eigenvalue weighted by Crippen LogP contribution is -2.39. The van der Waals surface area contributed by atoms with Crippen molar-refractivity contribution in [2.75, 3.05) is 17.5 Å². The first kappa shape index (κ1) is 16.6. The monoisotopic (exact) mass is 326 g/mol. The third-order valence-electron chi connectivity index (χ3n) is 3.17. The zero-order valence-electron chi connectivity index (χ0n) is 13.3. The van der Waals surface area contributed by atoms with Crippen LogP contribution in [0, 0.1) is 0 Å². The molecule has 0 atom stereocenters. The molecule has 0 bridgehead atoms. The summed E-state index contributed by atoms with van der Waals surface area (Å²) in [4.78, 5) is 13.8. The molecule has 1 N–H and O–H groups in total. The van der Waals surface area contributed by atoms with Crippen LogP contribution >= 0.6 is 0 Å². The number of nitrogens with zero attached hydrogens (tertiary/aromatic N) is 1. The van der Waals surface area contributed by atoms with Gasteiger partial charge in [0.25, 0.3) is 0 Å². The van der Waals surface area contributed by atoms with E-state index in [4.69, 9.17) is 4.74 Å². The second-order valence-corrected chi connectivity index (χ2v) is 8.26. The van der Waals surface area contributed by atoms with E-state index in [0.717, 1.165) is 17.4 Å². The molecule has 1 heterocycles. The van der Waals surface area contributed by atoms with Gasteiger partial charge in [0.2, 0.25) is 10.0 Å². The van der Waals surface area contributed by atoms with Crippen molar-refractivity contribution in [3.63, 3.8) is 0 Å². The molecule has 0 fully saturated rings. The molecule has 1 aromatic carbocycles. The molecule has 0 spiro atoms. The minimum Gasteiger partial charge on any atom is -0.444 e. The summed E-state index contributed by atoms with van der Waals surface area (Å²) in [6.07, 6.45) is 1.47. The van der Waals surface area contributed by atoms with Gasteiger partial charge in [-0.2, -0.15) is 0 Å². The second-order valence-electron chi connectivity index (χ2n) is 6.51. The Kier molecular flexibility index (Phi) is 4.37. The van der Waals surface area contributed by atoms with Crippen molar-refractivity contribution in [1.82, 2.24) is 4.90 Å². The van der Waals surface area contributed by atoms with Crippen LogP contribution in [0.15, 0.2) is 18.2 Å². The SMILES string of the molecule is CC(C)(C)OC(=O)N1CCc2cc(NS(C)(=O)=O)ccc2C1. The summed E-state index contributed by atoms with van der Waals surface area (Å²) >= 11 is 0. The van der Waals surface area contributed by atoms with Crippen molar-refractivity contribution in [3.8, 4) is 0 Å². The maximum absolute atomic E-state index is 12.1. The Hall–Kier alpha value is -1.76. The zero-order chi connectivity index (χ0) is 16.5. The lowest BCUT2D eigenvalue weighted by Gasteiger charge is -2.31. The molecule has 6 nitrogen and oxygen atoms in total. The quantitative estimate of drug-likeness (QED) is 0.905. The molecule has 1 aliphatic rings. The number of sulfonamides is 1. The fourth-order valence-electron chi connectivity index (χ4n) is 2.31. The van der Waals surface area contributed by atoms with Gasteiger partial charge in [0.1, 0.15) is 5.60 Å². The first-order valence-corrected chi connectivity index (χ1v) is 9.00. The van der Waals surface area contributed by atoms with Crippen LogP contribution in [0.25, 0.3) is 0 Å². The summed E-state index contributed by atoms with van der Waals surface area (Å²) in [5.41, 5.74) is 2.09. The van der Waals surface area contributed by atoms with Gasteiger partial charge in [-0.05, 0) is 50.5 Å². The number of fused-ring (bicyclic) bond motifs is 1. The highest BCUT2D eigenvalue weighted by molar-refractivity contribution is 7.92. The van der Waals surface area contributed by atoms with Crippen molar-refractivity contribution in [1.29, 1.82) is 0 Å². The van der Waals surface area contributed by atoms with Crippen LogP contribution in [0.5, 0.6) is 0 Å². The van der Waals surface area contributed by atoms with Crippen LogP contribution in [0.4, 0.5) is 10.5 Å². The fourth-order valence-corrected chi connectivity index (χ4v) is 2.87. The normalized spacial score (nSPS) is 15.2. The highest BCUT2D eigenvalue weighted by Crippen LogP contribution is 2.24. The number of hydrogen-bond acceptors (Lipinski definition) is 4. The van der Waals surface area contributed by atoms with Gasteiger partial charge >= 0.3 is 6.09 Å². The van der Waals surface area contributed by atoms with Crippen LogP contribution in [0.1, 0.15) is 31.9 Å². The Morgan fingerprint density at radius 2 is 1.95 bits per heavy atom. The van der Waals surface area contributed by atoms with Crippen LogP contribution in [-0.2, 0) is 27.7 Å². The molecule has 122 valence electrons. The van der Waals surface area contributed by atoms with E-state index in [0.29, 0.717) is 25.2 Å². The number of hydrogen-bond donors (Lipinski definition) is 1. The largest absolute Gasteiger partial charge is 0.444 e. The van der Waals surface area contributed by atoms with Gasteiger partial charge in [-0.25, -0.2) is 13.2 Å². The summed E-state index contributed by atoms with van der Waals surface area (Å²) in [7, 11) is -3.28. The number of carbonyl (C=O) groups is 1. The topological polar surface area (TPSA) is 75.7 Å².